The first-order valence-electron chi connectivity index (χ1n) is 9.41. The predicted molar refractivity (Wildman–Crippen MR) is 112 cm³/mol. The normalized spacial score (nSPS) is 12.4. The Morgan fingerprint density at radius 3 is 2.61 bits per heavy atom. The number of amides is 1. The molecular weight excluding hydrogens is 372 g/mol. The Bertz CT molecular complexity index is 1040. The number of anilines is 1. The number of rotatable bonds is 6. The van der Waals surface area contributed by atoms with Crippen LogP contribution in [0.5, 0.6) is 11.5 Å². The summed E-state index contributed by atoms with van der Waals surface area (Å²) in [6.07, 6.45) is 1.73. The number of pyridine rings is 1. The van der Waals surface area contributed by atoms with Crippen molar-refractivity contribution in [3.8, 4) is 11.5 Å². The van der Waals surface area contributed by atoms with Crippen LogP contribution in [-0.2, 0) is 17.6 Å². The van der Waals surface area contributed by atoms with Crippen LogP contribution in [0.3, 0.4) is 0 Å². The van der Waals surface area contributed by atoms with E-state index >= 15 is 0 Å². The first kappa shape index (κ1) is 18.6. The third-order valence-corrected chi connectivity index (χ3v) is 5.77. The maximum atomic E-state index is 12.5. The number of benzene rings is 2. The molecule has 1 aliphatic rings. The van der Waals surface area contributed by atoms with E-state index in [9.17, 15) is 4.79 Å². The molecule has 5 nitrogen and oxygen atoms in total. The Morgan fingerprint density at radius 1 is 1.07 bits per heavy atom. The molecule has 0 radical (unpaired) electrons. The Kier molecular flexibility index (Phi) is 5.39. The molecule has 0 aliphatic carbocycles. The first-order valence-corrected chi connectivity index (χ1v) is 10.4. The van der Waals surface area contributed by atoms with E-state index in [2.05, 4.69) is 25.2 Å². The minimum Gasteiger partial charge on any atom is -0.454 e. The Labute approximate surface area is 168 Å². The van der Waals surface area contributed by atoms with Gasteiger partial charge >= 0.3 is 0 Å². The van der Waals surface area contributed by atoms with Crippen molar-refractivity contribution in [2.75, 3.05) is 17.9 Å². The third-order valence-electron chi connectivity index (χ3n) is 4.74. The molecule has 3 aromatic rings. The number of nitrogens with zero attached hydrogens (tertiary/aromatic N) is 1. The number of carbonyl (C=O) groups excluding carboxylic acids is 1. The lowest BCUT2D eigenvalue weighted by Gasteiger charge is -2.11. The van der Waals surface area contributed by atoms with Crippen LogP contribution in [-0.4, -0.2) is 23.4 Å². The van der Waals surface area contributed by atoms with Crippen molar-refractivity contribution in [3.05, 3.63) is 53.6 Å². The second-order valence-corrected chi connectivity index (χ2v) is 7.52. The van der Waals surface area contributed by atoms with Crippen LogP contribution in [0.25, 0.3) is 10.9 Å². The zero-order valence-electron chi connectivity index (χ0n) is 16.0. The zero-order valence-corrected chi connectivity index (χ0v) is 16.8. The van der Waals surface area contributed by atoms with Crippen molar-refractivity contribution >= 4 is 34.3 Å². The molecule has 1 N–H and O–H groups in total. The number of para-hydroxylation sites is 1. The predicted octanol–water partition coefficient (Wildman–Crippen LogP) is 4.82. The van der Waals surface area contributed by atoms with Crippen LogP contribution in [0.1, 0.15) is 25.0 Å². The van der Waals surface area contributed by atoms with Gasteiger partial charge in [0.25, 0.3) is 0 Å². The molecule has 2 aromatic carbocycles. The standard InChI is InChI=1S/C22H22N2O3S/c1-3-14-7-5-6-8-17(14)23-21(25)12-28-22-15(4-2)9-16-10-19-20(27-13-26-19)11-18(16)24-22/h5-11H,3-4,12-13H2,1-2H3,(H,23,25). The fourth-order valence-electron chi connectivity index (χ4n) is 3.24. The molecule has 0 unspecified atom stereocenters. The lowest BCUT2D eigenvalue weighted by atomic mass is 10.1. The third kappa shape index (κ3) is 3.78. The minimum atomic E-state index is -0.0273. The van der Waals surface area contributed by atoms with Crippen LogP contribution in [0, 0.1) is 0 Å². The lowest BCUT2D eigenvalue weighted by Crippen LogP contribution is -2.15. The van der Waals surface area contributed by atoms with Crippen LogP contribution in [0.4, 0.5) is 5.69 Å². The summed E-state index contributed by atoms with van der Waals surface area (Å²) in [6, 6.07) is 13.9. The van der Waals surface area contributed by atoms with Gasteiger partial charge in [-0.1, -0.05) is 43.8 Å². The average Bonchev–Trinajstić information content (AvgIpc) is 3.17. The summed E-state index contributed by atoms with van der Waals surface area (Å²) in [5.41, 5.74) is 3.99. The van der Waals surface area contributed by atoms with Crippen molar-refractivity contribution < 1.29 is 14.3 Å². The van der Waals surface area contributed by atoms with E-state index < -0.39 is 0 Å². The first-order chi connectivity index (χ1) is 13.7. The second-order valence-electron chi connectivity index (χ2n) is 6.55. The van der Waals surface area contributed by atoms with Gasteiger partial charge in [0, 0.05) is 17.1 Å². The smallest absolute Gasteiger partial charge is 0.234 e. The molecule has 0 saturated carbocycles. The highest BCUT2D eigenvalue weighted by Crippen LogP contribution is 2.37. The van der Waals surface area contributed by atoms with E-state index in [0.29, 0.717) is 11.5 Å². The molecule has 2 heterocycles. The monoisotopic (exact) mass is 394 g/mol. The number of aryl methyl sites for hydroxylation is 2. The minimum absolute atomic E-state index is 0.0273. The summed E-state index contributed by atoms with van der Waals surface area (Å²) in [5.74, 6) is 1.76. The highest BCUT2D eigenvalue weighted by atomic mass is 32.2. The molecule has 1 aromatic heterocycles. The zero-order chi connectivity index (χ0) is 19.5. The van der Waals surface area contributed by atoms with E-state index in [4.69, 9.17) is 14.5 Å². The maximum Gasteiger partial charge on any atom is 0.234 e. The SMILES string of the molecule is CCc1ccccc1NC(=O)CSc1nc2cc3c(cc2cc1CC)OCO3. The summed E-state index contributed by atoms with van der Waals surface area (Å²) in [5, 5.41) is 4.92. The number of aromatic nitrogens is 1. The van der Waals surface area contributed by atoms with E-state index in [1.54, 1.807) is 0 Å². The van der Waals surface area contributed by atoms with E-state index in [0.717, 1.165) is 51.3 Å². The quantitative estimate of drug-likeness (QED) is 0.608. The van der Waals surface area contributed by atoms with Crippen LogP contribution in [0.15, 0.2) is 47.5 Å². The Morgan fingerprint density at radius 2 is 1.82 bits per heavy atom. The molecule has 144 valence electrons. The van der Waals surface area contributed by atoms with Crippen molar-refractivity contribution in [2.24, 2.45) is 0 Å². The Balaban J connectivity index is 1.52. The average molecular weight is 394 g/mol. The highest BCUT2D eigenvalue weighted by Gasteiger charge is 2.17. The fraction of sp³-hybridized carbons (Fsp3) is 0.273. The van der Waals surface area contributed by atoms with Gasteiger partial charge in [-0.2, -0.15) is 0 Å². The maximum absolute atomic E-state index is 12.5. The molecule has 1 aliphatic heterocycles. The summed E-state index contributed by atoms with van der Waals surface area (Å²) >= 11 is 1.47. The summed E-state index contributed by atoms with van der Waals surface area (Å²) in [6.45, 7) is 4.42. The van der Waals surface area contributed by atoms with E-state index in [1.807, 2.05) is 36.4 Å². The fourth-order valence-corrected chi connectivity index (χ4v) is 4.13. The second kappa shape index (κ2) is 8.10. The largest absolute Gasteiger partial charge is 0.454 e. The van der Waals surface area contributed by atoms with Crippen LogP contribution in [0.2, 0.25) is 0 Å². The number of hydrogen-bond acceptors (Lipinski definition) is 5. The van der Waals surface area contributed by atoms with Crippen molar-refractivity contribution in [3.63, 3.8) is 0 Å². The number of nitrogens with one attached hydrogen (secondary N) is 1. The van der Waals surface area contributed by atoms with Crippen molar-refractivity contribution in [2.45, 2.75) is 31.7 Å². The lowest BCUT2D eigenvalue weighted by molar-refractivity contribution is -0.113. The molecule has 0 fully saturated rings. The van der Waals surface area contributed by atoms with Gasteiger partial charge in [0.2, 0.25) is 12.7 Å². The molecular formula is C22H22N2O3S. The van der Waals surface area contributed by atoms with Gasteiger partial charge in [0.15, 0.2) is 11.5 Å². The molecule has 0 bridgehead atoms. The van der Waals surface area contributed by atoms with Gasteiger partial charge in [-0.3, -0.25) is 4.79 Å². The molecule has 1 amide bonds. The number of hydrogen-bond donors (Lipinski definition) is 1. The number of thioether (sulfide) groups is 1. The van der Waals surface area contributed by atoms with Gasteiger partial charge in [-0.05, 0) is 42.2 Å². The summed E-state index contributed by atoms with van der Waals surface area (Å²) < 4.78 is 10.9. The van der Waals surface area contributed by atoms with Crippen molar-refractivity contribution in [1.82, 2.24) is 4.98 Å². The van der Waals surface area contributed by atoms with Crippen molar-refractivity contribution in [1.29, 1.82) is 0 Å². The molecule has 6 heteroatoms. The summed E-state index contributed by atoms with van der Waals surface area (Å²) in [4.78, 5) is 17.3. The number of carbonyl (C=O) groups is 1. The molecule has 28 heavy (non-hydrogen) atoms. The Hall–Kier alpha value is -2.73. The molecule has 4 rings (SSSR count). The van der Waals surface area contributed by atoms with Gasteiger partial charge in [0.1, 0.15) is 5.03 Å². The highest BCUT2D eigenvalue weighted by molar-refractivity contribution is 8.00. The molecule has 0 atom stereocenters. The van der Waals surface area contributed by atoms with E-state index in [-0.39, 0.29) is 12.7 Å². The van der Waals surface area contributed by atoms with Crippen LogP contribution >= 0.6 is 11.8 Å². The topological polar surface area (TPSA) is 60.5 Å². The van der Waals surface area contributed by atoms with E-state index in [1.165, 1.54) is 11.8 Å². The molecule has 0 saturated heterocycles. The summed E-state index contributed by atoms with van der Waals surface area (Å²) in [7, 11) is 0. The van der Waals surface area contributed by atoms with Crippen LogP contribution < -0.4 is 14.8 Å². The number of fused-ring (bicyclic) bond motifs is 2. The number of ether oxygens (including phenoxy) is 2. The molecule has 0 spiro atoms. The van der Waals surface area contributed by atoms with Gasteiger partial charge in [-0.15, -0.1) is 0 Å². The van der Waals surface area contributed by atoms with Gasteiger partial charge in [-0.25, -0.2) is 4.98 Å². The van der Waals surface area contributed by atoms with Gasteiger partial charge in [0.05, 0.1) is 11.3 Å². The van der Waals surface area contributed by atoms with Gasteiger partial charge < -0.3 is 14.8 Å².